The van der Waals surface area contributed by atoms with E-state index in [1.54, 1.807) is 12.1 Å². The molecule has 2 aromatic carbocycles. The van der Waals surface area contributed by atoms with Gasteiger partial charge >= 0.3 is 0 Å². The first-order valence-electron chi connectivity index (χ1n) is 7.28. The summed E-state index contributed by atoms with van der Waals surface area (Å²) in [6.07, 6.45) is 0. The number of hydrogen-bond acceptors (Lipinski definition) is 4. The Bertz CT molecular complexity index is 789. The van der Waals surface area contributed by atoms with E-state index < -0.39 is 0 Å². The smallest absolute Gasteiger partial charge is 0.183 e. The molecule has 118 valence electrons. The third-order valence-corrected chi connectivity index (χ3v) is 4.36. The molecule has 23 heavy (non-hydrogen) atoms. The van der Waals surface area contributed by atoms with Crippen LogP contribution in [0, 0.1) is 5.82 Å². The lowest BCUT2D eigenvalue weighted by atomic mass is 10.1. The van der Waals surface area contributed by atoms with Crippen LogP contribution in [0.4, 0.5) is 9.52 Å². The summed E-state index contributed by atoms with van der Waals surface area (Å²) in [5, 5.41) is 6.10. The maximum absolute atomic E-state index is 13.8. The number of halogens is 1. The lowest BCUT2D eigenvalue weighted by Crippen LogP contribution is -2.05. The van der Waals surface area contributed by atoms with Crippen LogP contribution in [0.1, 0.15) is 18.5 Å². The molecule has 0 bridgehead atoms. The molecular formula is C18H17FN2OS. The highest BCUT2D eigenvalue weighted by Gasteiger charge is 2.11. The van der Waals surface area contributed by atoms with Crippen molar-refractivity contribution in [2.75, 3.05) is 12.4 Å². The summed E-state index contributed by atoms with van der Waals surface area (Å²) >= 11 is 1.51. The lowest BCUT2D eigenvalue weighted by molar-refractivity contribution is 0.386. The summed E-state index contributed by atoms with van der Waals surface area (Å²) in [7, 11) is 1.45. The zero-order valence-electron chi connectivity index (χ0n) is 12.9. The number of ether oxygens (including phenoxy) is 1. The first kappa shape index (κ1) is 15.5. The summed E-state index contributed by atoms with van der Waals surface area (Å²) in [4.78, 5) is 4.54. The van der Waals surface area contributed by atoms with E-state index in [0.717, 1.165) is 16.4 Å². The van der Waals surface area contributed by atoms with Gasteiger partial charge in [-0.3, -0.25) is 0 Å². The van der Waals surface area contributed by atoms with Gasteiger partial charge in [-0.05, 0) is 30.7 Å². The summed E-state index contributed by atoms with van der Waals surface area (Å²) in [5.74, 6) is -0.148. The molecular weight excluding hydrogens is 311 g/mol. The Morgan fingerprint density at radius 3 is 2.65 bits per heavy atom. The van der Waals surface area contributed by atoms with E-state index in [-0.39, 0.29) is 17.6 Å². The van der Waals surface area contributed by atoms with E-state index in [0.29, 0.717) is 0 Å². The van der Waals surface area contributed by atoms with Gasteiger partial charge in [0.15, 0.2) is 16.7 Å². The number of thiazole rings is 1. The number of nitrogens with one attached hydrogen (secondary N) is 1. The minimum absolute atomic E-state index is 0.155. The molecule has 0 amide bonds. The number of anilines is 1. The second kappa shape index (κ2) is 6.79. The minimum Gasteiger partial charge on any atom is -0.494 e. The van der Waals surface area contributed by atoms with Crippen molar-refractivity contribution < 1.29 is 9.13 Å². The average molecular weight is 328 g/mol. The Hall–Kier alpha value is -2.40. The molecule has 0 unspecified atom stereocenters. The van der Waals surface area contributed by atoms with Crippen LogP contribution >= 0.6 is 11.3 Å². The molecule has 0 aliphatic heterocycles. The third kappa shape index (κ3) is 3.51. The molecule has 0 fully saturated rings. The molecule has 0 aliphatic rings. The molecule has 3 rings (SSSR count). The van der Waals surface area contributed by atoms with Gasteiger partial charge in [-0.15, -0.1) is 11.3 Å². The Labute approximate surface area is 138 Å². The predicted octanol–water partition coefficient (Wildman–Crippen LogP) is 5.13. The first-order valence-corrected chi connectivity index (χ1v) is 8.16. The van der Waals surface area contributed by atoms with Gasteiger partial charge in [0, 0.05) is 10.9 Å². The summed E-state index contributed by atoms with van der Waals surface area (Å²) in [6.45, 7) is 2.09. The number of benzene rings is 2. The van der Waals surface area contributed by atoms with E-state index in [4.69, 9.17) is 4.74 Å². The van der Waals surface area contributed by atoms with E-state index in [1.807, 2.05) is 23.6 Å². The fourth-order valence-corrected chi connectivity index (χ4v) is 3.12. The van der Waals surface area contributed by atoms with Gasteiger partial charge in [0.25, 0.3) is 0 Å². The number of rotatable bonds is 5. The molecule has 0 aliphatic carbocycles. The third-order valence-electron chi connectivity index (χ3n) is 3.59. The number of methoxy groups -OCH3 is 1. The molecule has 5 heteroatoms. The van der Waals surface area contributed by atoms with Crippen LogP contribution in [0.2, 0.25) is 0 Å². The Morgan fingerprint density at radius 1 is 1.17 bits per heavy atom. The molecule has 1 aromatic heterocycles. The van der Waals surface area contributed by atoms with Crippen molar-refractivity contribution in [3.8, 4) is 17.0 Å². The zero-order valence-corrected chi connectivity index (χ0v) is 13.7. The number of hydrogen-bond donors (Lipinski definition) is 1. The van der Waals surface area contributed by atoms with E-state index in [2.05, 4.69) is 29.4 Å². The van der Waals surface area contributed by atoms with Crippen molar-refractivity contribution in [1.29, 1.82) is 0 Å². The van der Waals surface area contributed by atoms with Crippen LogP contribution in [-0.4, -0.2) is 12.1 Å². The van der Waals surface area contributed by atoms with Crippen LogP contribution < -0.4 is 10.1 Å². The molecule has 3 nitrogen and oxygen atoms in total. The maximum atomic E-state index is 13.8. The fourth-order valence-electron chi connectivity index (χ4n) is 2.31. The van der Waals surface area contributed by atoms with Crippen LogP contribution in [0.5, 0.6) is 5.75 Å². The molecule has 0 radical (unpaired) electrons. The minimum atomic E-state index is -0.384. The van der Waals surface area contributed by atoms with Gasteiger partial charge in [-0.1, -0.05) is 30.3 Å². The Kier molecular flexibility index (Phi) is 4.57. The molecule has 0 saturated heterocycles. The Morgan fingerprint density at radius 2 is 1.96 bits per heavy atom. The summed E-state index contributed by atoms with van der Waals surface area (Å²) in [5.41, 5.74) is 2.68. The second-order valence-electron chi connectivity index (χ2n) is 5.16. The standard InChI is InChI=1S/C18H17FN2OS/c1-12(13-6-4-3-5-7-13)20-18-21-16(11-23-18)14-8-9-17(22-2)15(19)10-14/h3-12H,1-2H3,(H,20,21)/t12-/m0/s1. The summed E-state index contributed by atoms with van der Waals surface area (Å²) in [6, 6.07) is 15.2. The van der Waals surface area contributed by atoms with E-state index in [1.165, 1.54) is 30.1 Å². The maximum Gasteiger partial charge on any atom is 0.183 e. The Balaban J connectivity index is 1.77. The van der Waals surface area contributed by atoms with Gasteiger partial charge < -0.3 is 10.1 Å². The van der Waals surface area contributed by atoms with Gasteiger partial charge in [-0.2, -0.15) is 0 Å². The van der Waals surface area contributed by atoms with Crippen LogP contribution in [0.3, 0.4) is 0 Å². The highest BCUT2D eigenvalue weighted by Crippen LogP contribution is 2.30. The van der Waals surface area contributed by atoms with Gasteiger partial charge in [0.1, 0.15) is 0 Å². The van der Waals surface area contributed by atoms with Crippen molar-refractivity contribution in [3.63, 3.8) is 0 Å². The highest BCUT2D eigenvalue weighted by atomic mass is 32.1. The van der Waals surface area contributed by atoms with Gasteiger partial charge in [-0.25, -0.2) is 9.37 Å². The van der Waals surface area contributed by atoms with Crippen molar-refractivity contribution >= 4 is 16.5 Å². The summed E-state index contributed by atoms with van der Waals surface area (Å²) < 4.78 is 18.7. The topological polar surface area (TPSA) is 34.1 Å². The van der Waals surface area contributed by atoms with E-state index >= 15 is 0 Å². The van der Waals surface area contributed by atoms with Crippen molar-refractivity contribution in [2.24, 2.45) is 0 Å². The molecule has 0 saturated carbocycles. The zero-order chi connectivity index (χ0) is 16.2. The molecule has 1 atom stereocenters. The monoisotopic (exact) mass is 328 g/mol. The quantitative estimate of drug-likeness (QED) is 0.705. The average Bonchev–Trinajstić information content (AvgIpc) is 3.04. The molecule has 3 aromatic rings. The lowest BCUT2D eigenvalue weighted by Gasteiger charge is -2.12. The molecule has 1 N–H and O–H groups in total. The number of nitrogens with zero attached hydrogens (tertiary/aromatic N) is 1. The van der Waals surface area contributed by atoms with Crippen molar-refractivity contribution in [1.82, 2.24) is 4.98 Å². The van der Waals surface area contributed by atoms with Crippen LogP contribution in [-0.2, 0) is 0 Å². The van der Waals surface area contributed by atoms with Crippen LogP contribution in [0.25, 0.3) is 11.3 Å². The normalized spacial score (nSPS) is 12.0. The predicted molar refractivity (Wildman–Crippen MR) is 92.5 cm³/mol. The second-order valence-corrected chi connectivity index (χ2v) is 6.02. The molecule has 0 spiro atoms. The first-order chi connectivity index (χ1) is 11.2. The SMILES string of the molecule is COc1ccc(-c2csc(N[C@@H](C)c3ccccc3)n2)cc1F. The van der Waals surface area contributed by atoms with Gasteiger partial charge in [0.05, 0.1) is 18.8 Å². The largest absolute Gasteiger partial charge is 0.494 e. The molecule has 1 heterocycles. The fraction of sp³-hybridized carbons (Fsp3) is 0.167. The van der Waals surface area contributed by atoms with Crippen molar-refractivity contribution in [3.05, 3.63) is 65.3 Å². The highest BCUT2D eigenvalue weighted by molar-refractivity contribution is 7.14. The van der Waals surface area contributed by atoms with Gasteiger partial charge in [0.2, 0.25) is 0 Å². The number of aromatic nitrogens is 1. The van der Waals surface area contributed by atoms with E-state index in [9.17, 15) is 4.39 Å². The van der Waals surface area contributed by atoms with Crippen molar-refractivity contribution in [2.45, 2.75) is 13.0 Å². The van der Waals surface area contributed by atoms with Crippen LogP contribution in [0.15, 0.2) is 53.9 Å².